The van der Waals surface area contributed by atoms with Crippen molar-refractivity contribution in [2.75, 3.05) is 5.73 Å². The van der Waals surface area contributed by atoms with Gasteiger partial charge in [-0.15, -0.1) is 0 Å². The molecule has 0 spiro atoms. The fourth-order valence-corrected chi connectivity index (χ4v) is 1.06. The van der Waals surface area contributed by atoms with E-state index in [4.69, 9.17) is 11.5 Å². The highest BCUT2D eigenvalue weighted by Crippen LogP contribution is 1.93. The summed E-state index contributed by atoms with van der Waals surface area (Å²) in [5.41, 5.74) is 12.5. The van der Waals surface area contributed by atoms with Crippen molar-refractivity contribution in [1.82, 2.24) is 15.0 Å². The van der Waals surface area contributed by atoms with Crippen molar-refractivity contribution < 1.29 is 4.42 Å². The van der Waals surface area contributed by atoms with Gasteiger partial charge in [0, 0.05) is 37.0 Å². The van der Waals surface area contributed by atoms with E-state index in [1.165, 1.54) is 12.7 Å². The third kappa shape index (κ3) is 7.57. The fraction of sp³-hybridized carbons (Fsp3) is 0.0714. The molecule has 0 bridgehead atoms. The molecule has 0 amide bonds. The highest BCUT2D eigenvalue weighted by Gasteiger charge is 1.81. The maximum atomic E-state index is 5.32. The Kier molecular flexibility index (Phi) is 7.83. The van der Waals surface area contributed by atoms with Crippen molar-refractivity contribution in [3.63, 3.8) is 0 Å². The molecular weight excluding hydrogens is 254 g/mol. The zero-order chi connectivity index (χ0) is 14.5. The highest BCUT2D eigenvalue weighted by molar-refractivity contribution is 5.33. The van der Waals surface area contributed by atoms with Crippen LogP contribution in [0.5, 0.6) is 0 Å². The molecule has 20 heavy (non-hydrogen) atoms. The standard InChI is InChI=1S/C6H8N2.C5H6N2.C3H3NO/c7-4-6-2-1-3-8-5-6;6-5-1-3-7-4-2-5;1-2-5-3-4-1/h1-3,5H,4,7H2;1-4H,(H2,6,7);1-3H. The van der Waals surface area contributed by atoms with E-state index in [0.29, 0.717) is 6.54 Å². The Hall–Kier alpha value is -2.73. The first kappa shape index (κ1) is 15.3. The molecule has 0 saturated heterocycles. The van der Waals surface area contributed by atoms with Crippen LogP contribution < -0.4 is 11.5 Å². The molecule has 3 aromatic rings. The van der Waals surface area contributed by atoms with E-state index in [0.717, 1.165) is 11.3 Å². The zero-order valence-electron chi connectivity index (χ0n) is 11.0. The minimum absolute atomic E-state index is 0.577. The molecule has 0 aliphatic rings. The van der Waals surface area contributed by atoms with Crippen LogP contribution >= 0.6 is 0 Å². The molecule has 3 rings (SSSR count). The molecule has 104 valence electrons. The molecule has 0 radical (unpaired) electrons. The van der Waals surface area contributed by atoms with E-state index in [-0.39, 0.29) is 0 Å². The van der Waals surface area contributed by atoms with E-state index in [9.17, 15) is 0 Å². The van der Waals surface area contributed by atoms with Crippen LogP contribution in [0, 0.1) is 0 Å². The third-order valence-corrected chi connectivity index (χ3v) is 2.01. The van der Waals surface area contributed by atoms with Gasteiger partial charge in [-0.2, -0.15) is 0 Å². The van der Waals surface area contributed by atoms with Gasteiger partial charge in [-0.1, -0.05) is 6.07 Å². The Morgan fingerprint density at radius 1 is 0.950 bits per heavy atom. The number of aromatic nitrogens is 3. The van der Waals surface area contributed by atoms with Crippen LogP contribution in [0.2, 0.25) is 0 Å². The summed E-state index contributed by atoms with van der Waals surface area (Å²) in [6, 6.07) is 7.33. The second kappa shape index (κ2) is 10.2. The lowest BCUT2D eigenvalue weighted by atomic mass is 10.3. The Labute approximate surface area is 117 Å². The van der Waals surface area contributed by atoms with E-state index < -0.39 is 0 Å². The third-order valence-electron chi connectivity index (χ3n) is 2.01. The quantitative estimate of drug-likeness (QED) is 0.700. The lowest BCUT2D eigenvalue weighted by Gasteiger charge is -1.89. The minimum Gasteiger partial charge on any atom is -0.452 e. The van der Waals surface area contributed by atoms with Gasteiger partial charge in [-0.25, -0.2) is 4.98 Å². The Morgan fingerprint density at radius 2 is 1.75 bits per heavy atom. The van der Waals surface area contributed by atoms with Crippen LogP contribution in [0.3, 0.4) is 0 Å². The summed E-state index contributed by atoms with van der Waals surface area (Å²) in [7, 11) is 0. The molecular formula is C14H17N5O. The normalized spacial score (nSPS) is 8.65. The Balaban J connectivity index is 0.000000154. The number of hydrogen-bond donors (Lipinski definition) is 2. The topological polar surface area (TPSA) is 104 Å². The predicted molar refractivity (Wildman–Crippen MR) is 77.3 cm³/mol. The minimum atomic E-state index is 0.577. The molecule has 3 aromatic heterocycles. The summed E-state index contributed by atoms with van der Waals surface area (Å²) in [6.07, 6.45) is 11.3. The monoisotopic (exact) mass is 271 g/mol. The molecule has 3 heterocycles. The van der Waals surface area contributed by atoms with Crippen molar-refractivity contribution in [3.8, 4) is 0 Å². The smallest absolute Gasteiger partial charge is 0.180 e. The first-order chi connectivity index (χ1) is 9.83. The van der Waals surface area contributed by atoms with E-state index in [1.807, 2.05) is 12.1 Å². The highest BCUT2D eigenvalue weighted by atomic mass is 16.3. The maximum absolute atomic E-state index is 5.32. The maximum Gasteiger partial charge on any atom is 0.180 e. The van der Waals surface area contributed by atoms with Crippen LogP contribution in [0.15, 0.2) is 72.3 Å². The van der Waals surface area contributed by atoms with Crippen LogP contribution in [0.4, 0.5) is 5.69 Å². The lowest BCUT2D eigenvalue weighted by molar-refractivity contribution is 0.558. The molecule has 0 saturated carbocycles. The molecule has 0 aliphatic carbocycles. The molecule has 0 aliphatic heterocycles. The number of rotatable bonds is 1. The number of nitrogens with two attached hydrogens (primary N) is 2. The summed E-state index contributed by atoms with van der Waals surface area (Å²) < 4.78 is 4.47. The van der Waals surface area contributed by atoms with Gasteiger partial charge in [0.15, 0.2) is 6.39 Å². The number of nitrogen functional groups attached to an aromatic ring is 1. The number of pyridine rings is 2. The summed E-state index contributed by atoms with van der Waals surface area (Å²) in [5, 5.41) is 0. The number of hydrogen-bond acceptors (Lipinski definition) is 6. The first-order valence-electron chi connectivity index (χ1n) is 5.89. The molecule has 0 unspecified atom stereocenters. The zero-order valence-corrected chi connectivity index (χ0v) is 11.0. The van der Waals surface area contributed by atoms with Gasteiger partial charge in [-0.3, -0.25) is 9.97 Å². The average Bonchev–Trinajstić information content (AvgIpc) is 3.09. The predicted octanol–water partition coefficient (Wildman–Crippen LogP) is 1.88. The van der Waals surface area contributed by atoms with Gasteiger partial charge in [0.25, 0.3) is 0 Å². The first-order valence-corrected chi connectivity index (χ1v) is 5.89. The van der Waals surface area contributed by atoms with Gasteiger partial charge in [-0.05, 0) is 23.8 Å². The number of oxazole rings is 1. The van der Waals surface area contributed by atoms with Gasteiger partial charge < -0.3 is 15.9 Å². The van der Waals surface area contributed by atoms with Gasteiger partial charge in [0.2, 0.25) is 0 Å². The van der Waals surface area contributed by atoms with Crippen LogP contribution in [-0.2, 0) is 6.54 Å². The second-order valence-electron chi connectivity index (χ2n) is 3.52. The van der Waals surface area contributed by atoms with Crippen LogP contribution in [0.1, 0.15) is 5.56 Å². The molecule has 0 aromatic carbocycles. The molecule has 4 N–H and O–H groups in total. The van der Waals surface area contributed by atoms with Crippen LogP contribution in [-0.4, -0.2) is 15.0 Å². The van der Waals surface area contributed by atoms with Crippen molar-refractivity contribution in [3.05, 3.63) is 73.5 Å². The Morgan fingerprint density at radius 3 is 2.05 bits per heavy atom. The molecule has 6 heteroatoms. The SMILES string of the molecule is NCc1cccnc1.Nc1ccncc1.c1cocn1. The second-order valence-corrected chi connectivity index (χ2v) is 3.52. The van der Waals surface area contributed by atoms with Crippen LogP contribution in [0.25, 0.3) is 0 Å². The van der Waals surface area contributed by atoms with Crippen molar-refractivity contribution >= 4 is 5.69 Å². The van der Waals surface area contributed by atoms with Crippen molar-refractivity contribution in [2.45, 2.75) is 6.54 Å². The lowest BCUT2D eigenvalue weighted by Crippen LogP contribution is -1.95. The van der Waals surface area contributed by atoms with Crippen molar-refractivity contribution in [1.29, 1.82) is 0 Å². The van der Waals surface area contributed by atoms with E-state index >= 15 is 0 Å². The largest absolute Gasteiger partial charge is 0.452 e. The molecule has 0 fully saturated rings. The molecule has 0 atom stereocenters. The number of anilines is 1. The van der Waals surface area contributed by atoms with Gasteiger partial charge >= 0.3 is 0 Å². The summed E-state index contributed by atoms with van der Waals surface area (Å²) in [5.74, 6) is 0. The summed E-state index contributed by atoms with van der Waals surface area (Å²) in [6.45, 7) is 0.577. The van der Waals surface area contributed by atoms with Gasteiger partial charge in [0.1, 0.15) is 6.26 Å². The van der Waals surface area contributed by atoms with E-state index in [1.54, 1.807) is 43.1 Å². The van der Waals surface area contributed by atoms with Crippen molar-refractivity contribution in [2.24, 2.45) is 5.73 Å². The average molecular weight is 271 g/mol. The summed E-state index contributed by atoms with van der Waals surface area (Å²) >= 11 is 0. The van der Waals surface area contributed by atoms with Gasteiger partial charge in [0.05, 0.1) is 6.20 Å². The summed E-state index contributed by atoms with van der Waals surface area (Å²) in [4.78, 5) is 11.2. The molecule has 6 nitrogen and oxygen atoms in total. The Bertz CT molecular complexity index is 511. The fourth-order valence-electron chi connectivity index (χ4n) is 1.06. The number of nitrogens with zero attached hydrogens (tertiary/aromatic N) is 3. The van der Waals surface area contributed by atoms with E-state index in [2.05, 4.69) is 19.4 Å².